The van der Waals surface area contributed by atoms with Crippen LogP contribution in [0.3, 0.4) is 0 Å². The number of fused-ring (bicyclic) bond motifs is 1. The molecule has 1 heterocycles. The van der Waals surface area contributed by atoms with Crippen molar-refractivity contribution in [2.45, 2.75) is 44.7 Å². The lowest BCUT2D eigenvalue weighted by Gasteiger charge is -2.37. The molecule has 1 atom stereocenters. The fourth-order valence-electron chi connectivity index (χ4n) is 4.50. The van der Waals surface area contributed by atoms with Gasteiger partial charge in [0.05, 0.1) is 22.7 Å². The van der Waals surface area contributed by atoms with Crippen LogP contribution in [0.15, 0.2) is 65.6 Å². The molecule has 1 aliphatic rings. The summed E-state index contributed by atoms with van der Waals surface area (Å²) in [7, 11) is -4.18. The molecule has 7 nitrogen and oxygen atoms in total. The number of hydrogen-bond acceptors (Lipinski definition) is 4. The van der Waals surface area contributed by atoms with E-state index in [1.165, 1.54) is 0 Å². The first-order chi connectivity index (χ1) is 16.6. The van der Waals surface area contributed by atoms with Crippen LogP contribution >= 0.6 is 11.6 Å². The van der Waals surface area contributed by atoms with Gasteiger partial charge in [0.25, 0.3) is 10.0 Å². The Balaban J connectivity index is 1.70. The van der Waals surface area contributed by atoms with Gasteiger partial charge in [0.1, 0.15) is 6.04 Å². The van der Waals surface area contributed by atoms with Crippen molar-refractivity contribution in [2.75, 3.05) is 9.62 Å². The van der Waals surface area contributed by atoms with Crippen LogP contribution < -0.4 is 14.9 Å². The van der Waals surface area contributed by atoms with Gasteiger partial charge in [-0.15, -0.1) is 0 Å². The van der Waals surface area contributed by atoms with Crippen molar-refractivity contribution in [3.05, 3.63) is 87.9 Å². The summed E-state index contributed by atoms with van der Waals surface area (Å²) < 4.78 is 29.2. The predicted octanol–water partition coefficient (Wildman–Crippen LogP) is 4.49. The molecule has 0 aliphatic carbocycles. The number of benzene rings is 3. The number of halogens is 1. The largest absolute Gasteiger partial charge is 0.352 e. The Morgan fingerprint density at radius 3 is 2.40 bits per heavy atom. The monoisotopic (exact) mass is 511 g/mol. The van der Waals surface area contributed by atoms with Gasteiger partial charge in [-0.25, -0.2) is 8.42 Å². The van der Waals surface area contributed by atoms with Crippen LogP contribution in [0, 0.1) is 20.8 Å². The summed E-state index contributed by atoms with van der Waals surface area (Å²) >= 11 is 6.01. The Kier molecular flexibility index (Phi) is 6.87. The van der Waals surface area contributed by atoms with E-state index < -0.39 is 27.9 Å². The summed E-state index contributed by atoms with van der Waals surface area (Å²) in [5.41, 5.74) is 3.58. The first kappa shape index (κ1) is 24.8. The van der Waals surface area contributed by atoms with E-state index in [-0.39, 0.29) is 17.9 Å². The van der Waals surface area contributed by atoms with E-state index in [0.29, 0.717) is 27.5 Å². The van der Waals surface area contributed by atoms with Gasteiger partial charge in [-0.1, -0.05) is 53.6 Å². The van der Waals surface area contributed by atoms with Gasteiger partial charge in [0, 0.05) is 11.6 Å². The molecule has 0 bridgehead atoms. The van der Waals surface area contributed by atoms with E-state index in [1.54, 1.807) is 68.4 Å². The van der Waals surface area contributed by atoms with Gasteiger partial charge in [-0.2, -0.15) is 0 Å². The highest BCUT2D eigenvalue weighted by Gasteiger charge is 2.42. The van der Waals surface area contributed by atoms with Gasteiger partial charge in [-0.3, -0.25) is 13.9 Å². The SMILES string of the molecule is Cc1cc(C)c(S(=O)(=O)N2c3ccccc3NC(=O)C2CC(=O)NCc2cccc(Cl)c2)c(C)c1. The maximum atomic E-state index is 14.1. The van der Waals surface area contributed by atoms with Crippen LogP contribution in [0.5, 0.6) is 0 Å². The second kappa shape index (κ2) is 9.71. The van der Waals surface area contributed by atoms with Crippen molar-refractivity contribution in [3.8, 4) is 0 Å². The van der Waals surface area contributed by atoms with E-state index in [0.717, 1.165) is 15.4 Å². The molecule has 3 aromatic carbocycles. The van der Waals surface area contributed by atoms with Crippen LogP contribution in [0.2, 0.25) is 5.02 Å². The molecule has 2 amide bonds. The van der Waals surface area contributed by atoms with Crippen LogP contribution in [-0.2, 0) is 26.2 Å². The zero-order chi connectivity index (χ0) is 25.3. The highest BCUT2D eigenvalue weighted by atomic mass is 35.5. The van der Waals surface area contributed by atoms with Crippen LogP contribution in [0.1, 0.15) is 28.7 Å². The van der Waals surface area contributed by atoms with Gasteiger partial charge >= 0.3 is 0 Å². The molecular weight excluding hydrogens is 486 g/mol. The summed E-state index contributed by atoms with van der Waals surface area (Å²) in [6.07, 6.45) is -0.343. The van der Waals surface area contributed by atoms with Crippen LogP contribution in [0.25, 0.3) is 0 Å². The number of anilines is 2. The molecule has 4 rings (SSSR count). The zero-order valence-electron chi connectivity index (χ0n) is 19.6. The minimum atomic E-state index is -4.18. The molecule has 0 aromatic heterocycles. The average Bonchev–Trinajstić information content (AvgIpc) is 2.77. The van der Waals surface area contributed by atoms with E-state index >= 15 is 0 Å². The number of rotatable bonds is 6. The average molecular weight is 512 g/mol. The first-order valence-electron chi connectivity index (χ1n) is 11.1. The van der Waals surface area contributed by atoms with Crippen molar-refractivity contribution in [3.63, 3.8) is 0 Å². The summed E-state index contributed by atoms with van der Waals surface area (Å²) in [6.45, 7) is 5.56. The molecule has 0 fully saturated rings. The Labute approximate surface area is 210 Å². The van der Waals surface area contributed by atoms with Crippen LogP contribution in [0.4, 0.5) is 11.4 Å². The highest BCUT2D eigenvalue weighted by molar-refractivity contribution is 7.93. The lowest BCUT2D eigenvalue weighted by molar-refractivity contribution is -0.125. The quantitative estimate of drug-likeness (QED) is 0.509. The molecule has 0 saturated carbocycles. The molecule has 9 heteroatoms. The molecule has 35 heavy (non-hydrogen) atoms. The first-order valence-corrected chi connectivity index (χ1v) is 12.9. The number of para-hydroxylation sites is 2. The molecule has 0 saturated heterocycles. The molecule has 1 aliphatic heterocycles. The van der Waals surface area contributed by atoms with Crippen LogP contribution in [-0.4, -0.2) is 26.3 Å². The second-order valence-corrected chi connectivity index (χ2v) is 10.8. The smallest absolute Gasteiger partial charge is 0.265 e. The van der Waals surface area contributed by atoms with E-state index in [9.17, 15) is 18.0 Å². The minimum absolute atomic E-state index is 0.136. The van der Waals surface area contributed by atoms with Gasteiger partial charge < -0.3 is 10.6 Å². The third kappa shape index (κ3) is 5.04. The molecule has 0 spiro atoms. The number of nitrogens with zero attached hydrogens (tertiary/aromatic N) is 1. The number of nitrogens with one attached hydrogen (secondary N) is 2. The third-order valence-electron chi connectivity index (χ3n) is 5.86. The molecule has 3 aromatic rings. The fourth-order valence-corrected chi connectivity index (χ4v) is 6.77. The number of amides is 2. The number of aryl methyl sites for hydroxylation is 3. The van der Waals surface area contributed by atoms with E-state index in [2.05, 4.69) is 10.6 Å². The molecule has 182 valence electrons. The second-order valence-electron chi connectivity index (χ2n) is 8.66. The zero-order valence-corrected chi connectivity index (χ0v) is 21.2. The highest BCUT2D eigenvalue weighted by Crippen LogP contribution is 2.38. The molecule has 0 radical (unpaired) electrons. The Morgan fingerprint density at radius 1 is 1.03 bits per heavy atom. The summed E-state index contributed by atoms with van der Waals surface area (Å²) in [5.74, 6) is -1.02. The summed E-state index contributed by atoms with van der Waals surface area (Å²) in [6, 6.07) is 16.1. The number of sulfonamides is 1. The van der Waals surface area contributed by atoms with E-state index in [4.69, 9.17) is 11.6 Å². The third-order valence-corrected chi connectivity index (χ3v) is 8.23. The molecule has 1 unspecified atom stereocenters. The van der Waals surface area contributed by atoms with Crippen molar-refractivity contribution >= 4 is 44.8 Å². The van der Waals surface area contributed by atoms with Gasteiger partial charge in [0.15, 0.2) is 0 Å². The molecular formula is C26H26ClN3O4S. The summed E-state index contributed by atoms with van der Waals surface area (Å²) in [4.78, 5) is 26.1. The van der Waals surface area contributed by atoms with Crippen molar-refractivity contribution in [1.29, 1.82) is 0 Å². The maximum Gasteiger partial charge on any atom is 0.265 e. The van der Waals surface area contributed by atoms with E-state index in [1.807, 2.05) is 13.0 Å². The topological polar surface area (TPSA) is 95.6 Å². The standard InChI is InChI=1S/C26H26ClN3O4S/c1-16-11-17(2)25(18(3)12-16)35(33,34)30-22-10-5-4-9-21(22)29-26(32)23(30)14-24(31)28-15-19-7-6-8-20(27)13-19/h4-13,23H,14-15H2,1-3H3,(H,28,31)(H,29,32). The van der Waals surface area contributed by atoms with Gasteiger partial charge in [0.2, 0.25) is 11.8 Å². The Bertz CT molecular complexity index is 1400. The van der Waals surface area contributed by atoms with Crippen molar-refractivity contribution < 1.29 is 18.0 Å². The summed E-state index contributed by atoms with van der Waals surface area (Å²) in [5, 5.41) is 6.05. The predicted molar refractivity (Wildman–Crippen MR) is 137 cm³/mol. The van der Waals surface area contributed by atoms with Crippen molar-refractivity contribution in [2.24, 2.45) is 0 Å². The van der Waals surface area contributed by atoms with Gasteiger partial charge in [-0.05, 0) is 61.7 Å². The maximum absolute atomic E-state index is 14.1. The number of hydrogen-bond donors (Lipinski definition) is 2. The number of carbonyl (C=O) groups is 2. The normalized spacial score (nSPS) is 15.4. The minimum Gasteiger partial charge on any atom is -0.352 e. The number of carbonyl (C=O) groups excluding carboxylic acids is 2. The Morgan fingerprint density at radius 2 is 1.71 bits per heavy atom. The lowest BCUT2D eigenvalue weighted by Crippen LogP contribution is -2.53. The lowest BCUT2D eigenvalue weighted by atomic mass is 10.1. The Hall–Kier alpha value is -3.36. The molecule has 2 N–H and O–H groups in total. The fraction of sp³-hybridized carbons (Fsp3) is 0.231. The van der Waals surface area contributed by atoms with Crippen molar-refractivity contribution in [1.82, 2.24) is 5.32 Å².